The zero-order chi connectivity index (χ0) is 16.9. The van der Waals surface area contributed by atoms with E-state index in [1.54, 1.807) is 19.1 Å². The standard InChI is InChI=1S/C19H26O5/c1-2-22-19(21)18(15(20)10-13-6-4-3-5-7-13)14-8-9-16-17(11-14)24-12-23-16/h8-9,11,13,15,18,20H,2-7,10,12H2,1H3. The number of aliphatic hydroxyl groups excluding tert-OH is 1. The fourth-order valence-corrected chi connectivity index (χ4v) is 3.75. The lowest BCUT2D eigenvalue weighted by molar-refractivity contribution is -0.148. The Morgan fingerprint density at radius 2 is 2.00 bits per heavy atom. The minimum Gasteiger partial charge on any atom is -0.465 e. The second kappa shape index (κ2) is 7.88. The molecule has 0 bridgehead atoms. The molecule has 0 aromatic heterocycles. The van der Waals surface area contributed by atoms with Gasteiger partial charge in [0.2, 0.25) is 6.79 Å². The largest absolute Gasteiger partial charge is 0.465 e. The molecular formula is C19H26O5. The Labute approximate surface area is 142 Å². The van der Waals surface area contributed by atoms with E-state index in [2.05, 4.69) is 0 Å². The van der Waals surface area contributed by atoms with Crippen molar-refractivity contribution in [2.45, 2.75) is 57.5 Å². The van der Waals surface area contributed by atoms with Crippen LogP contribution in [0.25, 0.3) is 0 Å². The summed E-state index contributed by atoms with van der Waals surface area (Å²) in [6.45, 7) is 2.27. The Balaban J connectivity index is 1.78. The molecule has 1 aromatic carbocycles. The van der Waals surface area contributed by atoms with E-state index in [-0.39, 0.29) is 12.8 Å². The van der Waals surface area contributed by atoms with Gasteiger partial charge < -0.3 is 19.3 Å². The summed E-state index contributed by atoms with van der Waals surface area (Å²) < 4.78 is 15.9. The lowest BCUT2D eigenvalue weighted by Gasteiger charge is -2.28. The van der Waals surface area contributed by atoms with E-state index in [0.717, 1.165) is 18.4 Å². The van der Waals surface area contributed by atoms with Crippen molar-refractivity contribution < 1.29 is 24.1 Å². The van der Waals surface area contributed by atoms with Gasteiger partial charge in [-0.1, -0.05) is 38.2 Å². The van der Waals surface area contributed by atoms with Crippen molar-refractivity contribution in [2.24, 2.45) is 5.92 Å². The van der Waals surface area contributed by atoms with Crippen LogP contribution in [0.2, 0.25) is 0 Å². The second-order valence-corrected chi connectivity index (χ2v) is 6.65. The molecule has 1 heterocycles. The first kappa shape index (κ1) is 17.1. The lowest BCUT2D eigenvalue weighted by Crippen LogP contribution is -2.30. The van der Waals surface area contributed by atoms with Gasteiger partial charge in [0, 0.05) is 0 Å². The van der Waals surface area contributed by atoms with Gasteiger partial charge in [0.1, 0.15) is 5.92 Å². The van der Waals surface area contributed by atoms with Gasteiger partial charge in [-0.05, 0) is 37.0 Å². The number of esters is 1. The van der Waals surface area contributed by atoms with Crippen molar-refractivity contribution in [3.8, 4) is 11.5 Å². The van der Waals surface area contributed by atoms with Gasteiger partial charge in [-0.25, -0.2) is 0 Å². The summed E-state index contributed by atoms with van der Waals surface area (Å²) in [5, 5.41) is 10.8. The highest BCUT2D eigenvalue weighted by atomic mass is 16.7. The molecule has 5 nitrogen and oxygen atoms in total. The maximum absolute atomic E-state index is 12.5. The molecule has 1 N–H and O–H groups in total. The van der Waals surface area contributed by atoms with Crippen molar-refractivity contribution in [3.63, 3.8) is 0 Å². The maximum atomic E-state index is 12.5. The van der Waals surface area contributed by atoms with Crippen LogP contribution in [0.4, 0.5) is 0 Å². The predicted molar refractivity (Wildman–Crippen MR) is 89.1 cm³/mol. The minimum absolute atomic E-state index is 0.188. The highest BCUT2D eigenvalue weighted by Gasteiger charge is 2.33. The van der Waals surface area contributed by atoms with Crippen LogP contribution in [0, 0.1) is 5.92 Å². The van der Waals surface area contributed by atoms with Crippen LogP contribution >= 0.6 is 0 Å². The van der Waals surface area contributed by atoms with Crippen molar-refractivity contribution in [1.82, 2.24) is 0 Å². The first-order valence-corrected chi connectivity index (χ1v) is 8.93. The molecule has 0 radical (unpaired) electrons. The number of aliphatic hydroxyl groups is 1. The molecule has 2 aliphatic rings. The summed E-state index contributed by atoms with van der Waals surface area (Å²) in [7, 11) is 0. The average molecular weight is 334 g/mol. The molecule has 1 fully saturated rings. The number of rotatable bonds is 6. The normalized spacial score (nSPS) is 19.8. The van der Waals surface area contributed by atoms with Crippen LogP contribution in [-0.2, 0) is 9.53 Å². The van der Waals surface area contributed by atoms with E-state index in [0.29, 0.717) is 30.4 Å². The van der Waals surface area contributed by atoms with Crippen LogP contribution in [0.5, 0.6) is 11.5 Å². The monoisotopic (exact) mass is 334 g/mol. The molecule has 0 spiro atoms. The molecule has 0 saturated heterocycles. The van der Waals surface area contributed by atoms with Crippen molar-refractivity contribution in [1.29, 1.82) is 0 Å². The van der Waals surface area contributed by atoms with Crippen molar-refractivity contribution in [3.05, 3.63) is 23.8 Å². The summed E-state index contributed by atoms with van der Waals surface area (Å²) in [5.41, 5.74) is 0.723. The summed E-state index contributed by atoms with van der Waals surface area (Å²) >= 11 is 0. The van der Waals surface area contributed by atoms with Gasteiger partial charge in [-0.15, -0.1) is 0 Å². The molecule has 1 aliphatic heterocycles. The van der Waals surface area contributed by atoms with Gasteiger partial charge in [0.25, 0.3) is 0 Å². The molecule has 0 amide bonds. The Morgan fingerprint density at radius 1 is 1.25 bits per heavy atom. The summed E-state index contributed by atoms with van der Waals surface area (Å²) in [6, 6.07) is 5.39. The van der Waals surface area contributed by atoms with Crippen LogP contribution in [0.15, 0.2) is 18.2 Å². The molecular weight excluding hydrogens is 308 g/mol. The molecule has 1 saturated carbocycles. The number of fused-ring (bicyclic) bond motifs is 1. The van der Waals surface area contributed by atoms with E-state index < -0.39 is 12.0 Å². The van der Waals surface area contributed by atoms with Crippen LogP contribution in [0.1, 0.15) is 56.9 Å². The summed E-state index contributed by atoms with van der Waals surface area (Å²) in [5.74, 6) is 0.718. The number of hydrogen-bond acceptors (Lipinski definition) is 5. The molecule has 2 atom stereocenters. The second-order valence-electron chi connectivity index (χ2n) is 6.65. The van der Waals surface area contributed by atoms with Gasteiger partial charge >= 0.3 is 5.97 Å². The quantitative estimate of drug-likeness (QED) is 0.808. The number of hydrogen-bond donors (Lipinski definition) is 1. The molecule has 2 unspecified atom stereocenters. The smallest absolute Gasteiger partial charge is 0.316 e. The van der Waals surface area contributed by atoms with Crippen LogP contribution < -0.4 is 9.47 Å². The molecule has 24 heavy (non-hydrogen) atoms. The average Bonchev–Trinajstić information content (AvgIpc) is 3.04. The molecule has 1 aromatic rings. The van der Waals surface area contributed by atoms with E-state index in [4.69, 9.17) is 14.2 Å². The minimum atomic E-state index is -0.743. The number of benzene rings is 1. The molecule has 1 aliphatic carbocycles. The van der Waals surface area contributed by atoms with Gasteiger partial charge in [0.15, 0.2) is 11.5 Å². The topological polar surface area (TPSA) is 65.0 Å². The predicted octanol–water partition coefficient (Wildman–Crippen LogP) is 3.39. The number of carbonyl (C=O) groups is 1. The third kappa shape index (κ3) is 3.83. The molecule has 5 heteroatoms. The first-order valence-electron chi connectivity index (χ1n) is 8.93. The van der Waals surface area contributed by atoms with Crippen molar-refractivity contribution >= 4 is 5.97 Å². The highest BCUT2D eigenvalue weighted by molar-refractivity contribution is 5.79. The number of carbonyl (C=O) groups excluding carboxylic acids is 1. The van der Waals surface area contributed by atoms with E-state index >= 15 is 0 Å². The third-order valence-electron chi connectivity index (χ3n) is 4.98. The Morgan fingerprint density at radius 3 is 2.75 bits per heavy atom. The summed E-state index contributed by atoms with van der Waals surface area (Å²) in [6.07, 6.45) is 5.86. The van der Waals surface area contributed by atoms with Crippen LogP contribution in [-0.4, -0.2) is 30.6 Å². The van der Waals surface area contributed by atoms with Gasteiger partial charge in [-0.3, -0.25) is 4.79 Å². The fraction of sp³-hybridized carbons (Fsp3) is 0.632. The SMILES string of the molecule is CCOC(=O)C(c1ccc2c(c1)OCO2)C(O)CC1CCCCC1. The fourth-order valence-electron chi connectivity index (χ4n) is 3.75. The molecule has 3 rings (SSSR count). The number of ether oxygens (including phenoxy) is 3. The van der Waals surface area contributed by atoms with E-state index in [1.165, 1.54) is 19.3 Å². The van der Waals surface area contributed by atoms with Gasteiger partial charge in [0.05, 0.1) is 12.7 Å². The van der Waals surface area contributed by atoms with E-state index in [1.807, 2.05) is 6.07 Å². The van der Waals surface area contributed by atoms with Gasteiger partial charge in [-0.2, -0.15) is 0 Å². The van der Waals surface area contributed by atoms with Crippen molar-refractivity contribution in [2.75, 3.05) is 13.4 Å². The van der Waals surface area contributed by atoms with E-state index in [9.17, 15) is 9.90 Å². The Kier molecular flexibility index (Phi) is 5.61. The first-order chi connectivity index (χ1) is 11.7. The molecule has 132 valence electrons. The zero-order valence-electron chi connectivity index (χ0n) is 14.2. The highest BCUT2D eigenvalue weighted by Crippen LogP contribution is 2.37. The van der Waals surface area contributed by atoms with Crippen LogP contribution in [0.3, 0.4) is 0 Å². The zero-order valence-corrected chi connectivity index (χ0v) is 14.2. The third-order valence-corrected chi connectivity index (χ3v) is 4.98. The lowest BCUT2D eigenvalue weighted by atomic mass is 9.81. The Bertz CT molecular complexity index is 565. The maximum Gasteiger partial charge on any atom is 0.316 e. The Hall–Kier alpha value is -1.75. The summed E-state index contributed by atoms with van der Waals surface area (Å²) in [4.78, 5) is 12.5.